The summed E-state index contributed by atoms with van der Waals surface area (Å²) in [5.74, 6) is 0. The maximum atomic E-state index is 4.52. The standard InChI is InChI=1S/C10H6N2S2/c1-2-9(13-5-1)10-12-7-6-11-4-3-8(7)14-10/h1-6H. The maximum absolute atomic E-state index is 4.52. The van der Waals surface area contributed by atoms with Crippen LogP contribution in [0.25, 0.3) is 20.1 Å². The van der Waals surface area contributed by atoms with Crippen molar-refractivity contribution in [3.05, 3.63) is 36.0 Å². The van der Waals surface area contributed by atoms with Crippen molar-refractivity contribution in [3.8, 4) is 9.88 Å². The van der Waals surface area contributed by atoms with Crippen molar-refractivity contribution in [1.29, 1.82) is 0 Å². The summed E-state index contributed by atoms with van der Waals surface area (Å²) >= 11 is 3.43. The third-order valence-electron chi connectivity index (χ3n) is 1.92. The Hall–Kier alpha value is -1.26. The van der Waals surface area contributed by atoms with E-state index >= 15 is 0 Å². The summed E-state index contributed by atoms with van der Waals surface area (Å²) in [6.07, 6.45) is 3.61. The summed E-state index contributed by atoms with van der Waals surface area (Å²) in [6, 6.07) is 6.14. The van der Waals surface area contributed by atoms with Crippen LogP contribution in [-0.4, -0.2) is 9.97 Å². The minimum absolute atomic E-state index is 0.987. The van der Waals surface area contributed by atoms with E-state index < -0.39 is 0 Å². The van der Waals surface area contributed by atoms with Gasteiger partial charge in [0.1, 0.15) is 10.5 Å². The lowest BCUT2D eigenvalue weighted by Gasteiger charge is -1.84. The van der Waals surface area contributed by atoms with Crippen LogP contribution in [0.15, 0.2) is 36.0 Å². The van der Waals surface area contributed by atoms with Crippen molar-refractivity contribution in [2.45, 2.75) is 0 Å². The molecule has 0 spiro atoms. The molecule has 0 radical (unpaired) electrons. The van der Waals surface area contributed by atoms with Gasteiger partial charge in [-0.05, 0) is 17.5 Å². The van der Waals surface area contributed by atoms with Gasteiger partial charge >= 0.3 is 0 Å². The van der Waals surface area contributed by atoms with Crippen LogP contribution in [0.5, 0.6) is 0 Å². The molecule has 3 aromatic heterocycles. The smallest absolute Gasteiger partial charge is 0.134 e. The van der Waals surface area contributed by atoms with Crippen LogP contribution in [0.1, 0.15) is 0 Å². The summed E-state index contributed by atoms with van der Waals surface area (Å²) in [6.45, 7) is 0. The molecule has 0 aliphatic carbocycles. The van der Waals surface area contributed by atoms with E-state index in [-0.39, 0.29) is 0 Å². The Labute approximate surface area is 88.9 Å². The van der Waals surface area contributed by atoms with E-state index in [1.807, 2.05) is 18.3 Å². The molecule has 0 saturated carbocycles. The molecular formula is C10H6N2S2. The SMILES string of the molecule is c1csc(-c2nc3cnccc3s2)c1. The van der Waals surface area contributed by atoms with Crippen LogP contribution < -0.4 is 0 Å². The molecule has 0 bridgehead atoms. The van der Waals surface area contributed by atoms with Gasteiger partial charge in [-0.1, -0.05) is 6.07 Å². The van der Waals surface area contributed by atoms with Crippen molar-refractivity contribution in [2.24, 2.45) is 0 Å². The minimum atomic E-state index is 0.987. The van der Waals surface area contributed by atoms with Crippen LogP contribution in [0.3, 0.4) is 0 Å². The Morgan fingerprint density at radius 2 is 2.21 bits per heavy atom. The maximum Gasteiger partial charge on any atom is 0.134 e. The number of thiophene rings is 1. The molecule has 68 valence electrons. The number of aromatic nitrogens is 2. The van der Waals surface area contributed by atoms with Crippen molar-refractivity contribution < 1.29 is 0 Å². The molecule has 0 aliphatic heterocycles. The quantitative estimate of drug-likeness (QED) is 0.625. The summed E-state index contributed by atoms with van der Waals surface area (Å²) in [4.78, 5) is 9.80. The third-order valence-corrected chi connectivity index (χ3v) is 4.00. The number of rotatable bonds is 1. The highest BCUT2D eigenvalue weighted by molar-refractivity contribution is 7.25. The second-order valence-electron chi connectivity index (χ2n) is 2.84. The Morgan fingerprint density at radius 3 is 3.00 bits per heavy atom. The van der Waals surface area contributed by atoms with Crippen molar-refractivity contribution >= 4 is 32.9 Å². The van der Waals surface area contributed by atoms with E-state index in [1.165, 1.54) is 9.58 Å². The molecular weight excluding hydrogens is 212 g/mol. The Morgan fingerprint density at radius 1 is 1.21 bits per heavy atom. The topological polar surface area (TPSA) is 25.8 Å². The number of nitrogens with zero attached hydrogens (tertiary/aromatic N) is 2. The van der Waals surface area contributed by atoms with Crippen LogP contribution >= 0.6 is 22.7 Å². The Kier molecular flexibility index (Phi) is 1.82. The molecule has 2 nitrogen and oxygen atoms in total. The molecule has 4 heteroatoms. The molecule has 3 heterocycles. The first-order valence-electron chi connectivity index (χ1n) is 4.18. The highest BCUT2D eigenvalue weighted by atomic mass is 32.1. The predicted octanol–water partition coefficient (Wildman–Crippen LogP) is 3.42. The van der Waals surface area contributed by atoms with Gasteiger partial charge in [0.15, 0.2) is 0 Å². The van der Waals surface area contributed by atoms with Gasteiger partial charge in [-0.15, -0.1) is 22.7 Å². The van der Waals surface area contributed by atoms with Crippen molar-refractivity contribution in [3.63, 3.8) is 0 Å². The second-order valence-corrected chi connectivity index (χ2v) is 4.82. The molecule has 14 heavy (non-hydrogen) atoms. The molecule has 0 fully saturated rings. The van der Waals surface area contributed by atoms with E-state index in [1.54, 1.807) is 28.9 Å². The van der Waals surface area contributed by atoms with E-state index in [2.05, 4.69) is 21.4 Å². The lowest BCUT2D eigenvalue weighted by molar-refractivity contribution is 1.34. The molecule has 0 amide bonds. The number of hydrogen-bond acceptors (Lipinski definition) is 4. The number of fused-ring (bicyclic) bond motifs is 1. The fraction of sp³-hybridized carbons (Fsp3) is 0. The molecule has 0 aromatic carbocycles. The van der Waals surface area contributed by atoms with Crippen LogP contribution in [0.2, 0.25) is 0 Å². The van der Waals surface area contributed by atoms with Crippen LogP contribution in [-0.2, 0) is 0 Å². The molecule has 0 N–H and O–H groups in total. The van der Waals surface area contributed by atoms with E-state index in [0.29, 0.717) is 0 Å². The van der Waals surface area contributed by atoms with E-state index in [0.717, 1.165) is 10.5 Å². The largest absolute Gasteiger partial charge is 0.262 e. The predicted molar refractivity (Wildman–Crippen MR) is 60.7 cm³/mol. The fourth-order valence-electron chi connectivity index (χ4n) is 1.29. The second kappa shape index (κ2) is 3.15. The average Bonchev–Trinajstić information content (AvgIpc) is 2.86. The first kappa shape index (κ1) is 8.08. The Balaban J connectivity index is 2.24. The summed E-state index contributed by atoms with van der Waals surface area (Å²) in [5.41, 5.74) is 0.987. The van der Waals surface area contributed by atoms with Gasteiger partial charge in [0.05, 0.1) is 15.8 Å². The minimum Gasteiger partial charge on any atom is -0.262 e. The third kappa shape index (κ3) is 1.23. The fourth-order valence-corrected chi connectivity index (χ4v) is 3.02. The van der Waals surface area contributed by atoms with Crippen LogP contribution in [0, 0.1) is 0 Å². The van der Waals surface area contributed by atoms with Gasteiger partial charge in [0, 0.05) is 6.20 Å². The van der Waals surface area contributed by atoms with Gasteiger partial charge in [0.2, 0.25) is 0 Å². The first-order chi connectivity index (χ1) is 6.93. The monoisotopic (exact) mass is 218 g/mol. The number of hydrogen-bond donors (Lipinski definition) is 0. The van der Waals surface area contributed by atoms with Gasteiger partial charge in [-0.25, -0.2) is 4.98 Å². The summed E-state index contributed by atoms with van der Waals surface area (Å²) in [5, 5.41) is 3.16. The summed E-state index contributed by atoms with van der Waals surface area (Å²) in [7, 11) is 0. The zero-order chi connectivity index (χ0) is 9.38. The zero-order valence-corrected chi connectivity index (χ0v) is 8.81. The molecule has 3 aromatic rings. The van der Waals surface area contributed by atoms with Gasteiger partial charge in [0.25, 0.3) is 0 Å². The summed E-state index contributed by atoms with van der Waals surface area (Å²) < 4.78 is 1.20. The van der Waals surface area contributed by atoms with Crippen molar-refractivity contribution in [2.75, 3.05) is 0 Å². The van der Waals surface area contributed by atoms with E-state index in [4.69, 9.17) is 0 Å². The van der Waals surface area contributed by atoms with E-state index in [9.17, 15) is 0 Å². The molecule has 0 saturated heterocycles. The molecule has 0 aliphatic rings. The molecule has 0 unspecified atom stereocenters. The van der Waals surface area contributed by atoms with Gasteiger partial charge in [-0.2, -0.15) is 0 Å². The lowest BCUT2D eigenvalue weighted by atomic mass is 10.4. The number of pyridine rings is 1. The van der Waals surface area contributed by atoms with Crippen LogP contribution in [0.4, 0.5) is 0 Å². The highest BCUT2D eigenvalue weighted by Crippen LogP contribution is 2.31. The normalized spacial score (nSPS) is 10.9. The van der Waals surface area contributed by atoms with Gasteiger partial charge < -0.3 is 0 Å². The first-order valence-corrected chi connectivity index (χ1v) is 5.87. The lowest BCUT2D eigenvalue weighted by Crippen LogP contribution is -1.70. The molecule has 0 atom stereocenters. The van der Waals surface area contributed by atoms with Crippen molar-refractivity contribution in [1.82, 2.24) is 9.97 Å². The number of thiazole rings is 1. The molecule has 3 rings (SSSR count). The van der Waals surface area contributed by atoms with Gasteiger partial charge in [-0.3, -0.25) is 4.98 Å². The Bertz CT molecular complexity index is 521. The average molecular weight is 218 g/mol. The zero-order valence-electron chi connectivity index (χ0n) is 7.18. The highest BCUT2D eigenvalue weighted by Gasteiger charge is 2.05.